The molecule has 5 aromatic rings. The summed E-state index contributed by atoms with van der Waals surface area (Å²) in [5.74, 6) is 0. The second-order valence-electron chi connectivity index (χ2n) is 7.51. The highest BCUT2D eigenvalue weighted by Crippen LogP contribution is 2.35. The highest BCUT2D eigenvalue weighted by Gasteiger charge is 2.16. The molecule has 1 heterocycles. The first-order valence-electron chi connectivity index (χ1n) is 9.69. The van der Waals surface area contributed by atoms with Crippen molar-refractivity contribution in [3.8, 4) is 16.8 Å². The third-order valence-corrected chi connectivity index (χ3v) is 6.46. The first-order chi connectivity index (χ1) is 14.4. The highest BCUT2D eigenvalue weighted by atomic mass is 31.2. The van der Waals surface area contributed by atoms with Crippen molar-refractivity contribution in [1.82, 2.24) is 4.57 Å². The van der Waals surface area contributed by atoms with Gasteiger partial charge in [-0.2, -0.15) is 0 Å². The molecule has 4 aromatic carbocycles. The maximum Gasteiger partial charge on any atom is 0.356 e. The minimum atomic E-state index is -4.22. The lowest BCUT2D eigenvalue weighted by Gasteiger charge is -2.10. The van der Waals surface area contributed by atoms with E-state index in [-0.39, 0.29) is 5.30 Å². The Morgan fingerprint density at radius 1 is 0.700 bits per heavy atom. The molecule has 0 atom stereocenters. The fourth-order valence-corrected chi connectivity index (χ4v) is 4.55. The molecule has 0 saturated carbocycles. The fourth-order valence-electron chi connectivity index (χ4n) is 4.01. The van der Waals surface area contributed by atoms with Gasteiger partial charge in [0, 0.05) is 16.5 Å². The Hall–Kier alpha value is -3.17. The zero-order chi connectivity index (χ0) is 20.9. The second kappa shape index (κ2) is 6.96. The third-order valence-electron chi connectivity index (χ3n) is 5.49. The van der Waals surface area contributed by atoms with Gasteiger partial charge in [0.2, 0.25) is 0 Å². The van der Waals surface area contributed by atoms with Crippen LogP contribution in [-0.4, -0.2) is 14.4 Å². The molecular formula is C25H20NO3P. The molecule has 30 heavy (non-hydrogen) atoms. The van der Waals surface area contributed by atoms with Crippen LogP contribution >= 0.6 is 7.60 Å². The van der Waals surface area contributed by atoms with Gasteiger partial charge in [0.05, 0.1) is 16.3 Å². The minimum Gasteiger partial charge on any atom is -0.321 e. The molecule has 148 valence electrons. The molecular weight excluding hydrogens is 393 g/mol. The van der Waals surface area contributed by atoms with Crippen LogP contribution in [0.3, 0.4) is 0 Å². The van der Waals surface area contributed by atoms with Gasteiger partial charge in [0.15, 0.2) is 0 Å². The van der Waals surface area contributed by atoms with Crippen molar-refractivity contribution < 1.29 is 14.4 Å². The van der Waals surface area contributed by atoms with Crippen LogP contribution in [0.15, 0.2) is 91.0 Å². The van der Waals surface area contributed by atoms with E-state index in [9.17, 15) is 14.4 Å². The zero-order valence-corrected chi connectivity index (χ0v) is 17.3. The number of hydrogen-bond donors (Lipinski definition) is 2. The molecule has 0 fully saturated rings. The second-order valence-corrected chi connectivity index (χ2v) is 9.12. The van der Waals surface area contributed by atoms with Gasteiger partial charge < -0.3 is 14.4 Å². The van der Waals surface area contributed by atoms with Crippen LogP contribution in [0.1, 0.15) is 5.56 Å². The van der Waals surface area contributed by atoms with E-state index in [1.165, 1.54) is 34.0 Å². The van der Waals surface area contributed by atoms with Gasteiger partial charge in [-0.3, -0.25) is 4.57 Å². The molecule has 0 unspecified atom stereocenters. The van der Waals surface area contributed by atoms with E-state index in [0.717, 1.165) is 22.3 Å². The third kappa shape index (κ3) is 3.16. The predicted molar refractivity (Wildman–Crippen MR) is 123 cm³/mol. The lowest BCUT2D eigenvalue weighted by molar-refractivity contribution is 0.387. The van der Waals surface area contributed by atoms with E-state index in [1.807, 2.05) is 12.1 Å². The summed E-state index contributed by atoms with van der Waals surface area (Å²) >= 11 is 0. The maximum atomic E-state index is 11.4. The van der Waals surface area contributed by atoms with Crippen LogP contribution in [0.5, 0.6) is 0 Å². The molecule has 4 nitrogen and oxygen atoms in total. The first kappa shape index (κ1) is 18.8. The number of hydrogen-bond acceptors (Lipinski definition) is 1. The van der Waals surface area contributed by atoms with Crippen LogP contribution in [-0.2, 0) is 4.57 Å². The van der Waals surface area contributed by atoms with Crippen LogP contribution in [0.2, 0.25) is 0 Å². The van der Waals surface area contributed by atoms with Crippen molar-refractivity contribution >= 4 is 34.7 Å². The first-order valence-corrected chi connectivity index (χ1v) is 11.3. The fraction of sp³-hybridized carbons (Fsp3) is 0.0400. The molecule has 5 heteroatoms. The zero-order valence-electron chi connectivity index (χ0n) is 16.4. The van der Waals surface area contributed by atoms with Gasteiger partial charge in [0.25, 0.3) is 0 Å². The Kier molecular flexibility index (Phi) is 4.37. The van der Waals surface area contributed by atoms with E-state index < -0.39 is 7.60 Å². The van der Waals surface area contributed by atoms with Gasteiger partial charge in [-0.1, -0.05) is 54.6 Å². The molecule has 0 radical (unpaired) electrons. The number of para-hydroxylation sites is 1. The Morgan fingerprint density at radius 3 is 1.97 bits per heavy atom. The summed E-state index contributed by atoms with van der Waals surface area (Å²) in [7, 11) is -4.22. The van der Waals surface area contributed by atoms with Gasteiger partial charge in [-0.25, -0.2) is 0 Å². The lowest BCUT2D eigenvalue weighted by atomic mass is 10.1. The Balaban J connectivity index is 1.61. The van der Waals surface area contributed by atoms with Crippen molar-refractivity contribution in [2.24, 2.45) is 0 Å². The number of benzene rings is 4. The summed E-state index contributed by atoms with van der Waals surface area (Å²) in [6.45, 7) is 2.10. The maximum absolute atomic E-state index is 11.4. The van der Waals surface area contributed by atoms with Crippen LogP contribution in [0.25, 0.3) is 38.6 Å². The number of rotatable bonds is 3. The lowest BCUT2D eigenvalue weighted by Crippen LogP contribution is -2.02. The normalized spacial score (nSPS) is 12.0. The summed E-state index contributed by atoms with van der Waals surface area (Å²) in [5, 5.41) is 2.49. The standard InChI is InChI=1S/C25H20NO3P/c1-17-6-15-23-22-4-2-3-5-24(22)26(25(23)16-17)20-11-7-18(8-12-20)19-9-13-21(14-10-19)30(27,28)29/h2-16H,1H3,(H2,27,28,29). The van der Waals surface area contributed by atoms with E-state index in [2.05, 4.69) is 66.1 Å². The molecule has 0 saturated heterocycles. The number of aryl methyl sites for hydroxylation is 1. The Labute approximate surface area is 174 Å². The van der Waals surface area contributed by atoms with E-state index >= 15 is 0 Å². The Morgan fingerprint density at radius 2 is 1.30 bits per heavy atom. The number of nitrogens with zero attached hydrogens (tertiary/aromatic N) is 1. The highest BCUT2D eigenvalue weighted by molar-refractivity contribution is 7.60. The van der Waals surface area contributed by atoms with E-state index in [1.54, 1.807) is 12.1 Å². The predicted octanol–water partition coefficient (Wildman–Crippen LogP) is 5.56. The number of aromatic nitrogens is 1. The largest absolute Gasteiger partial charge is 0.356 e. The SMILES string of the molecule is Cc1ccc2c3ccccc3n(-c3ccc(-c4ccc(P(=O)(O)O)cc4)cc3)c2c1. The summed E-state index contributed by atoms with van der Waals surface area (Å²) in [6, 6.07) is 29.7. The van der Waals surface area contributed by atoms with Gasteiger partial charge in [0.1, 0.15) is 0 Å². The monoisotopic (exact) mass is 413 g/mol. The molecule has 0 aliphatic rings. The smallest absolute Gasteiger partial charge is 0.321 e. The quantitative estimate of drug-likeness (QED) is 0.381. The topological polar surface area (TPSA) is 62.5 Å². The average molecular weight is 413 g/mol. The molecule has 5 rings (SSSR count). The average Bonchev–Trinajstić information content (AvgIpc) is 3.07. The summed E-state index contributed by atoms with van der Waals surface area (Å²) < 4.78 is 13.7. The van der Waals surface area contributed by atoms with Crippen LogP contribution in [0.4, 0.5) is 0 Å². The van der Waals surface area contributed by atoms with Gasteiger partial charge in [-0.15, -0.1) is 0 Å². The summed E-state index contributed by atoms with van der Waals surface area (Å²) in [4.78, 5) is 18.6. The van der Waals surface area contributed by atoms with Crippen molar-refractivity contribution in [2.75, 3.05) is 0 Å². The van der Waals surface area contributed by atoms with Crippen LogP contribution < -0.4 is 5.30 Å². The minimum absolute atomic E-state index is 0.0310. The molecule has 0 spiro atoms. The van der Waals surface area contributed by atoms with E-state index in [4.69, 9.17) is 0 Å². The van der Waals surface area contributed by atoms with Crippen molar-refractivity contribution in [2.45, 2.75) is 6.92 Å². The molecule has 0 aliphatic heterocycles. The molecule has 0 aliphatic carbocycles. The molecule has 0 amide bonds. The van der Waals surface area contributed by atoms with Crippen molar-refractivity contribution in [3.05, 3.63) is 96.6 Å². The van der Waals surface area contributed by atoms with E-state index in [0.29, 0.717) is 0 Å². The van der Waals surface area contributed by atoms with Gasteiger partial charge in [-0.05, 0) is 60.0 Å². The molecule has 2 N–H and O–H groups in total. The summed E-state index contributed by atoms with van der Waals surface area (Å²) in [6.07, 6.45) is 0. The molecule has 1 aromatic heterocycles. The van der Waals surface area contributed by atoms with Crippen LogP contribution in [0, 0.1) is 6.92 Å². The molecule has 0 bridgehead atoms. The number of fused-ring (bicyclic) bond motifs is 3. The van der Waals surface area contributed by atoms with Crippen molar-refractivity contribution in [3.63, 3.8) is 0 Å². The summed E-state index contributed by atoms with van der Waals surface area (Å²) in [5.41, 5.74) is 6.53. The Bertz CT molecular complexity index is 1430. The van der Waals surface area contributed by atoms with Crippen molar-refractivity contribution in [1.29, 1.82) is 0 Å². The van der Waals surface area contributed by atoms with Gasteiger partial charge >= 0.3 is 7.60 Å².